The van der Waals surface area contributed by atoms with Gasteiger partial charge in [0.05, 0.1) is 29.9 Å². The third kappa shape index (κ3) is 4.39. The Morgan fingerprint density at radius 3 is 2.92 bits per heavy atom. The van der Waals surface area contributed by atoms with Crippen LogP contribution < -0.4 is 5.32 Å². The highest BCUT2D eigenvalue weighted by atomic mass is 16.5. The van der Waals surface area contributed by atoms with E-state index in [1.54, 1.807) is 4.68 Å². The fourth-order valence-corrected chi connectivity index (χ4v) is 3.16. The van der Waals surface area contributed by atoms with Gasteiger partial charge in [0.25, 0.3) is 0 Å². The molecule has 1 aliphatic heterocycles. The van der Waals surface area contributed by atoms with Gasteiger partial charge >= 0.3 is 6.03 Å². The van der Waals surface area contributed by atoms with Crippen molar-refractivity contribution in [3.05, 3.63) is 42.2 Å². The molecule has 134 valence electrons. The molecule has 1 saturated heterocycles. The zero-order chi connectivity index (χ0) is 17.6. The minimum absolute atomic E-state index is 0.0584. The molecule has 0 saturated carbocycles. The number of anilines is 1. The van der Waals surface area contributed by atoms with E-state index in [2.05, 4.69) is 10.4 Å². The maximum absolute atomic E-state index is 12.6. The fourth-order valence-electron chi connectivity index (χ4n) is 3.16. The highest BCUT2D eigenvalue weighted by molar-refractivity contribution is 5.89. The van der Waals surface area contributed by atoms with Crippen molar-refractivity contribution in [3.8, 4) is 5.69 Å². The summed E-state index contributed by atoms with van der Waals surface area (Å²) in [5.74, 6) is 0.424. The lowest BCUT2D eigenvalue weighted by Gasteiger charge is -2.32. The summed E-state index contributed by atoms with van der Waals surface area (Å²) in [4.78, 5) is 14.5. The highest BCUT2D eigenvalue weighted by Crippen LogP contribution is 2.20. The van der Waals surface area contributed by atoms with Crippen LogP contribution in [0.2, 0.25) is 0 Å². The number of hydrogen-bond acceptors (Lipinski definition) is 3. The van der Waals surface area contributed by atoms with Gasteiger partial charge in [0.15, 0.2) is 0 Å². The summed E-state index contributed by atoms with van der Waals surface area (Å²) >= 11 is 0. The number of benzene rings is 1. The number of carbonyl (C=O) groups excluding carboxylic acids is 1. The summed E-state index contributed by atoms with van der Waals surface area (Å²) in [5, 5.41) is 7.51. The molecule has 0 spiro atoms. The number of rotatable bonds is 5. The summed E-state index contributed by atoms with van der Waals surface area (Å²) in [6.07, 6.45) is 4.01. The number of likely N-dealkylation sites (tertiary alicyclic amines) is 1. The Morgan fingerprint density at radius 1 is 1.36 bits per heavy atom. The van der Waals surface area contributed by atoms with E-state index in [4.69, 9.17) is 4.74 Å². The first-order valence-electron chi connectivity index (χ1n) is 8.92. The molecular formula is C19H26N4O2. The molecule has 0 radical (unpaired) electrons. The predicted molar refractivity (Wildman–Crippen MR) is 98.1 cm³/mol. The molecule has 1 aromatic heterocycles. The van der Waals surface area contributed by atoms with Gasteiger partial charge in [0.1, 0.15) is 0 Å². The van der Waals surface area contributed by atoms with Gasteiger partial charge in [-0.2, -0.15) is 5.10 Å². The number of aromatic nitrogens is 2. The van der Waals surface area contributed by atoms with E-state index in [0.717, 1.165) is 56.2 Å². The molecule has 1 aromatic carbocycles. The Labute approximate surface area is 148 Å². The Morgan fingerprint density at radius 2 is 2.16 bits per heavy atom. The van der Waals surface area contributed by atoms with Gasteiger partial charge < -0.3 is 15.0 Å². The molecule has 2 amide bonds. The van der Waals surface area contributed by atoms with E-state index in [9.17, 15) is 4.79 Å². The van der Waals surface area contributed by atoms with Crippen molar-refractivity contribution in [3.63, 3.8) is 0 Å². The maximum Gasteiger partial charge on any atom is 0.321 e. The lowest BCUT2D eigenvalue weighted by molar-refractivity contribution is 0.0777. The monoisotopic (exact) mass is 342 g/mol. The number of para-hydroxylation sites is 1. The van der Waals surface area contributed by atoms with Gasteiger partial charge in [-0.25, -0.2) is 9.48 Å². The summed E-state index contributed by atoms with van der Waals surface area (Å²) in [5.41, 5.74) is 2.53. The molecular weight excluding hydrogens is 316 g/mol. The van der Waals surface area contributed by atoms with Crippen molar-refractivity contribution in [2.75, 3.05) is 31.6 Å². The zero-order valence-corrected chi connectivity index (χ0v) is 14.9. The Hall–Kier alpha value is -2.34. The predicted octanol–water partition coefficient (Wildman–Crippen LogP) is 3.46. The SMILES string of the molecule is CCOCC1CCCN(C(=O)Nc2cn(-c3ccccc3)nc2C)C1. The van der Waals surface area contributed by atoms with Gasteiger partial charge in [0.2, 0.25) is 0 Å². The minimum atomic E-state index is -0.0584. The topological polar surface area (TPSA) is 59.4 Å². The standard InChI is InChI=1S/C19H26N4O2/c1-3-25-14-16-8-7-11-22(12-16)19(24)20-18-13-23(21-15(18)2)17-9-5-4-6-10-17/h4-6,9-10,13,16H,3,7-8,11-12,14H2,1-2H3,(H,20,24). The smallest absolute Gasteiger partial charge is 0.321 e. The normalized spacial score (nSPS) is 17.5. The van der Waals surface area contributed by atoms with Crippen LogP contribution >= 0.6 is 0 Å². The summed E-state index contributed by atoms with van der Waals surface area (Å²) < 4.78 is 7.31. The molecule has 1 N–H and O–H groups in total. The molecule has 6 heteroatoms. The third-order valence-electron chi connectivity index (χ3n) is 4.53. The number of urea groups is 1. The molecule has 6 nitrogen and oxygen atoms in total. The second-order valence-corrected chi connectivity index (χ2v) is 6.45. The van der Waals surface area contributed by atoms with Crippen LogP contribution in [0.1, 0.15) is 25.5 Å². The van der Waals surface area contributed by atoms with Crippen LogP contribution in [0.4, 0.5) is 10.5 Å². The van der Waals surface area contributed by atoms with E-state index in [0.29, 0.717) is 5.92 Å². The van der Waals surface area contributed by atoms with E-state index >= 15 is 0 Å². The molecule has 1 atom stereocenters. The number of nitrogens with zero attached hydrogens (tertiary/aromatic N) is 3. The number of aryl methyl sites for hydroxylation is 1. The lowest BCUT2D eigenvalue weighted by atomic mass is 9.99. The quantitative estimate of drug-likeness (QED) is 0.905. The molecule has 1 fully saturated rings. The molecule has 0 aliphatic carbocycles. The second kappa shape index (κ2) is 8.16. The van der Waals surface area contributed by atoms with Crippen molar-refractivity contribution in [1.82, 2.24) is 14.7 Å². The third-order valence-corrected chi connectivity index (χ3v) is 4.53. The van der Waals surface area contributed by atoms with E-state index in [1.165, 1.54) is 0 Å². The second-order valence-electron chi connectivity index (χ2n) is 6.45. The zero-order valence-electron chi connectivity index (χ0n) is 14.9. The van der Waals surface area contributed by atoms with Crippen LogP contribution in [0, 0.1) is 12.8 Å². The maximum atomic E-state index is 12.6. The minimum Gasteiger partial charge on any atom is -0.381 e. The van der Waals surface area contributed by atoms with Crippen LogP contribution in [-0.4, -0.2) is 47.0 Å². The highest BCUT2D eigenvalue weighted by Gasteiger charge is 2.24. The first-order valence-corrected chi connectivity index (χ1v) is 8.92. The van der Waals surface area contributed by atoms with E-state index in [-0.39, 0.29) is 6.03 Å². The van der Waals surface area contributed by atoms with Crippen LogP contribution in [-0.2, 0) is 4.74 Å². The summed E-state index contributed by atoms with van der Waals surface area (Å²) in [7, 11) is 0. The van der Waals surface area contributed by atoms with Crippen LogP contribution in [0.3, 0.4) is 0 Å². The van der Waals surface area contributed by atoms with Crippen molar-refractivity contribution >= 4 is 11.7 Å². The number of carbonyl (C=O) groups is 1. The number of piperidine rings is 1. The van der Waals surface area contributed by atoms with Crippen LogP contribution in [0.25, 0.3) is 5.69 Å². The number of hydrogen-bond donors (Lipinski definition) is 1. The fraction of sp³-hybridized carbons (Fsp3) is 0.474. The molecule has 2 aromatic rings. The van der Waals surface area contributed by atoms with Crippen molar-refractivity contribution < 1.29 is 9.53 Å². The molecule has 1 unspecified atom stereocenters. The van der Waals surface area contributed by atoms with Crippen LogP contribution in [0.15, 0.2) is 36.5 Å². The molecule has 3 rings (SSSR count). The van der Waals surface area contributed by atoms with Gasteiger partial charge in [-0.1, -0.05) is 18.2 Å². The first kappa shape index (κ1) is 17.5. The summed E-state index contributed by atoms with van der Waals surface area (Å²) in [6, 6.07) is 9.82. The Bertz CT molecular complexity index is 699. The average Bonchev–Trinajstić information content (AvgIpc) is 3.01. The number of amides is 2. The summed E-state index contributed by atoms with van der Waals surface area (Å²) in [6.45, 7) is 6.90. The average molecular weight is 342 g/mol. The van der Waals surface area contributed by atoms with Gasteiger partial charge in [-0.3, -0.25) is 0 Å². The molecule has 0 bridgehead atoms. The van der Waals surface area contributed by atoms with Crippen molar-refractivity contribution in [2.45, 2.75) is 26.7 Å². The molecule has 25 heavy (non-hydrogen) atoms. The molecule has 1 aliphatic rings. The van der Waals surface area contributed by atoms with E-state index in [1.807, 2.05) is 55.3 Å². The first-order chi connectivity index (χ1) is 12.2. The van der Waals surface area contributed by atoms with Gasteiger partial charge in [-0.05, 0) is 38.8 Å². The number of ether oxygens (including phenoxy) is 1. The van der Waals surface area contributed by atoms with Crippen molar-refractivity contribution in [1.29, 1.82) is 0 Å². The van der Waals surface area contributed by atoms with Crippen molar-refractivity contribution in [2.24, 2.45) is 5.92 Å². The Balaban J connectivity index is 1.64. The lowest BCUT2D eigenvalue weighted by Crippen LogP contribution is -2.43. The largest absolute Gasteiger partial charge is 0.381 e. The Kier molecular flexibility index (Phi) is 5.71. The van der Waals surface area contributed by atoms with E-state index < -0.39 is 0 Å². The van der Waals surface area contributed by atoms with Gasteiger partial charge in [0, 0.05) is 25.6 Å². The number of nitrogens with one attached hydrogen (secondary N) is 1. The van der Waals surface area contributed by atoms with Gasteiger partial charge in [-0.15, -0.1) is 0 Å². The van der Waals surface area contributed by atoms with Crippen LogP contribution in [0.5, 0.6) is 0 Å². The molecule has 2 heterocycles.